The van der Waals surface area contributed by atoms with Crippen LogP contribution in [0.15, 0.2) is 127 Å². The van der Waals surface area contributed by atoms with Gasteiger partial charge in [0.25, 0.3) is 0 Å². The third kappa shape index (κ3) is 8.64. The number of hydrogen-bond acceptors (Lipinski definition) is 0. The van der Waals surface area contributed by atoms with Crippen LogP contribution in [-0.2, 0) is 14.8 Å². The van der Waals surface area contributed by atoms with Gasteiger partial charge in [0.2, 0.25) is 0 Å². The molecule has 0 heterocycles. The van der Waals surface area contributed by atoms with E-state index in [0.29, 0.717) is 0 Å². The van der Waals surface area contributed by atoms with E-state index in [1.807, 2.05) is 30.7 Å². The Kier molecular flexibility index (Phi) is 11.6. The predicted molar refractivity (Wildman–Crippen MR) is 155 cm³/mol. The largest absolute Gasteiger partial charge is 0.0767 e. The summed E-state index contributed by atoms with van der Waals surface area (Å²) in [6.45, 7) is 7.46. The maximum absolute atomic E-state index is 4.30. The van der Waals surface area contributed by atoms with E-state index in [9.17, 15) is 0 Å². The van der Waals surface area contributed by atoms with Gasteiger partial charge in [0.15, 0.2) is 0 Å². The Labute approximate surface area is 221 Å². The molecule has 1 aliphatic carbocycles. The van der Waals surface area contributed by atoms with E-state index in [-0.39, 0.29) is 0 Å². The quantitative estimate of drug-likeness (QED) is 0.239. The van der Waals surface area contributed by atoms with Crippen molar-refractivity contribution < 1.29 is 14.8 Å². The Hall–Kier alpha value is -2.40. The van der Waals surface area contributed by atoms with Crippen molar-refractivity contribution in [3.8, 4) is 0 Å². The van der Waals surface area contributed by atoms with Gasteiger partial charge in [0, 0.05) is 6.42 Å². The van der Waals surface area contributed by atoms with Crippen LogP contribution in [0.2, 0.25) is 0 Å². The molecule has 0 nitrogen and oxygen atoms in total. The molecule has 0 aliphatic heterocycles. The molecular weight excluding hydrogens is 505 g/mol. The molecule has 0 amide bonds. The fourth-order valence-electron chi connectivity index (χ4n) is 3.79. The smallest absolute Gasteiger partial charge is 0.00506 e. The van der Waals surface area contributed by atoms with Crippen LogP contribution in [0.3, 0.4) is 0 Å². The van der Waals surface area contributed by atoms with Crippen molar-refractivity contribution >= 4 is 36.0 Å². The second kappa shape index (κ2) is 14.9. The summed E-state index contributed by atoms with van der Waals surface area (Å²) in [7, 11) is -0.446. The number of allylic oxidation sites excluding steroid dienone is 4. The Morgan fingerprint density at radius 3 is 1.20 bits per heavy atom. The standard InChI is InChI=1S/C18H15P.C9H11P.C5H5.Co/c1-4-10-16(11-5-1)19(17-12-6-2-7-13-17)18-14-8-3-9-15-18;1-6-4-7(2)9(10)8(3)5-6;1-2-4-5-3-1;/h1-15H;4-5H,1-3H3;1-5H;. The molecule has 4 aromatic carbocycles. The predicted octanol–water partition coefficient (Wildman–Crippen LogP) is 7.41. The summed E-state index contributed by atoms with van der Waals surface area (Å²) in [6, 6.07) is 36.7. The molecule has 0 unspecified atom stereocenters. The molecule has 0 aromatic heterocycles. The molecule has 3 heteroatoms. The molecule has 0 saturated carbocycles. The van der Waals surface area contributed by atoms with Crippen molar-refractivity contribution in [2.45, 2.75) is 20.8 Å². The minimum Gasteiger partial charge on any atom is -0.0767 e. The maximum atomic E-state index is 4.30. The number of benzene rings is 4. The van der Waals surface area contributed by atoms with Crippen molar-refractivity contribution in [2.24, 2.45) is 0 Å². The molecule has 5 rings (SSSR count). The van der Waals surface area contributed by atoms with Crippen LogP contribution < -0.4 is 21.2 Å². The van der Waals surface area contributed by atoms with Crippen LogP contribution in [0.25, 0.3) is 0 Å². The summed E-state index contributed by atoms with van der Waals surface area (Å²) < 4.78 is 0. The van der Waals surface area contributed by atoms with Gasteiger partial charge in [0.05, 0.1) is 0 Å². The van der Waals surface area contributed by atoms with Crippen molar-refractivity contribution in [1.29, 1.82) is 0 Å². The SMILES string of the molecule is Cc1cc(C)c([P]=[Co])c(C)c1.[CH]1C=CC=C1.c1ccc(P(c2ccccc2)c2ccccc2)cc1. The molecular formula is C32H31CoP2. The average Bonchev–Trinajstić information content (AvgIpc) is 3.47. The summed E-state index contributed by atoms with van der Waals surface area (Å²) >= 11 is 4.30. The van der Waals surface area contributed by atoms with Gasteiger partial charge in [-0.15, -0.1) is 0 Å². The van der Waals surface area contributed by atoms with Gasteiger partial charge in [-0.3, -0.25) is 0 Å². The molecule has 0 bridgehead atoms. The van der Waals surface area contributed by atoms with E-state index in [2.05, 4.69) is 139 Å². The molecule has 0 saturated heterocycles. The zero-order valence-electron chi connectivity index (χ0n) is 20.4. The zero-order valence-corrected chi connectivity index (χ0v) is 23.3. The number of aryl methyl sites for hydroxylation is 3. The third-order valence-electron chi connectivity index (χ3n) is 5.31. The summed E-state index contributed by atoms with van der Waals surface area (Å²) in [5.41, 5.74) is 4.02. The van der Waals surface area contributed by atoms with Gasteiger partial charge in [-0.1, -0.05) is 115 Å². The second-order valence-electron chi connectivity index (χ2n) is 8.13. The molecule has 0 spiro atoms. The Morgan fingerprint density at radius 1 is 0.543 bits per heavy atom. The van der Waals surface area contributed by atoms with Crippen molar-refractivity contribution in [1.82, 2.24) is 0 Å². The first-order chi connectivity index (χ1) is 17.1. The van der Waals surface area contributed by atoms with Gasteiger partial charge in [-0.25, -0.2) is 0 Å². The van der Waals surface area contributed by atoms with E-state index < -0.39 is 7.92 Å². The first-order valence-electron chi connectivity index (χ1n) is 11.6. The minimum atomic E-state index is -0.446. The Balaban J connectivity index is 0.000000179. The van der Waals surface area contributed by atoms with Crippen molar-refractivity contribution in [3.05, 3.63) is 151 Å². The zero-order chi connectivity index (χ0) is 24.9. The van der Waals surface area contributed by atoms with Crippen molar-refractivity contribution in [3.63, 3.8) is 0 Å². The van der Waals surface area contributed by atoms with Gasteiger partial charge < -0.3 is 0 Å². The number of rotatable bonds is 4. The minimum absolute atomic E-state index is 0.446. The van der Waals surface area contributed by atoms with Gasteiger partial charge in [0.1, 0.15) is 0 Å². The fourth-order valence-corrected chi connectivity index (χ4v) is 7.56. The molecule has 0 atom stereocenters. The summed E-state index contributed by atoms with van der Waals surface area (Å²) in [5.74, 6) is 0. The second-order valence-corrected chi connectivity index (χ2v) is 11.6. The Bertz CT molecular complexity index is 1120. The summed E-state index contributed by atoms with van der Waals surface area (Å²) in [6.07, 6.45) is 10.0. The van der Waals surface area contributed by atoms with Crippen LogP contribution in [0.1, 0.15) is 16.7 Å². The van der Waals surface area contributed by atoms with Gasteiger partial charge in [-0.05, 0) is 23.8 Å². The van der Waals surface area contributed by atoms with E-state index in [0.717, 1.165) is 6.87 Å². The van der Waals surface area contributed by atoms with Crippen molar-refractivity contribution in [2.75, 3.05) is 0 Å². The van der Waals surface area contributed by atoms with Gasteiger partial charge in [-0.2, -0.15) is 0 Å². The normalized spacial score (nSPS) is 11.6. The molecule has 35 heavy (non-hydrogen) atoms. The molecule has 0 N–H and O–H groups in total. The molecule has 0 fully saturated rings. The van der Waals surface area contributed by atoms with Crippen LogP contribution in [0.5, 0.6) is 0 Å². The van der Waals surface area contributed by atoms with Crippen LogP contribution in [0.4, 0.5) is 0 Å². The van der Waals surface area contributed by atoms with E-state index in [4.69, 9.17) is 0 Å². The Morgan fingerprint density at radius 2 is 0.914 bits per heavy atom. The maximum Gasteiger partial charge on any atom is 0.00506 e. The summed E-state index contributed by atoms with van der Waals surface area (Å²) in [4.78, 5) is 0. The molecule has 4 aromatic rings. The van der Waals surface area contributed by atoms with Crippen LogP contribution in [-0.4, -0.2) is 0 Å². The molecule has 1 radical (unpaired) electrons. The topological polar surface area (TPSA) is 0 Å². The first-order valence-corrected chi connectivity index (χ1v) is 15.1. The van der Waals surface area contributed by atoms with Crippen LogP contribution in [0, 0.1) is 27.2 Å². The number of hydrogen-bond donors (Lipinski definition) is 0. The fraction of sp³-hybridized carbons (Fsp3) is 0.0938. The summed E-state index contributed by atoms with van der Waals surface area (Å²) in [5, 5.41) is 5.54. The van der Waals surface area contributed by atoms with E-state index in [1.165, 1.54) is 37.9 Å². The monoisotopic (exact) mass is 536 g/mol. The van der Waals surface area contributed by atoms with Crippen LogP contribution >= 0.6 is 14.8 Å². The average molecular weight is 536 g/mol. The van der Waals surface area contributed by atoms with E-state index in [1.54, 1.807) is 0 Å². The van der Waals surface area contributed by atoms with E-state index >= 15 is 0 Å². The first kappa shape index (κ1) is 27.2. The third-order valence-corrected chi connectivity index (χ3v) is 9.31. The van der Waals surface area contributed by atoms with Gasteiger partial charge >= 0.3 is 76.6 Å². The molecule has 178 valence electrons. The molecule has 1 aliphatic rings.